The lowest BCUT2D eigenvalue weighted by atomic mass is 10.0. The molecule has 0 spiro atoms. The molecule has 0 bridgehead atoms. The molecule has 1 aromatic rings. The molecule has 1 aromatic carbocycles. The van der Waals surface area contributed by atoms with E-state index in [-0.39, 0.29) is 34.3 Å². The first-order chi connectivity index (χ1) is 10.3. The molecule has 0 aliphatic carbocycles. The van der Waals surface area contributed by atoms with E-state index in [9.17, 15) is 19.2 Å². The Morgan fingerprint density at radius 3 is 1.45 bits per heavy atom. The molecule has 6 nitrogen and oxygen atoms in total. The Kier molecular flexibility index (Phi) is 6.52. The molecule has 1 rings (SSSR count). The predicted octanol–water partition coefficient (Wildman–Crippen LogP) is 2.45. The number of benzene rings is 1. The summed E-state index contributed by atoms with van der Waals surface area (Å²) in [6, 6.07) is 2.61. The van der Waals surface area contributed by atoms with Gasteiger partial charge in [-0.2, -0.15) is 0 Å². The highest BCUT2D eigenvalue weighted by Gasteiger charge is 2.20. The predicted molar refractivity (Wildman–Crippen MR) is 85.2 cm³/mol. The summed E-state index contributed by atoms with van der Waals surface area (Å²) in [4.78, 5) is 46.3. The molecule has 0 radical (unpaired) electrons. The van der Waals surface area contributed by atoms with Crippen LogP contribution in [0.15, 0.2) is 12.1 Å². The summed E-state index contributed by atoms with van der Waals surface area (Å²) in [7, 11) is 0. The molecule has 8 heteroatoms. The number of halogens is 2. The zero-order chi connectivity index (χ0) is 16.9. The van der Waals surface area contributed by atoms with E-state index in [1.165, 1.54) is 26.0 Å². The lowest BCUT2D eigenvalue weighted by molar-refractivity contribution is -0.115. The molecule has 0 heterocycles. The third-order valence-corrected chi connectivity index (χ3v) is 3.11. The van der Waals surface area contributed by atoms with Gasteiger partial charge in [-0.25, -0.2) is 0 Å². The van der Waals surface area contributed by atoms with Crippen LogP contribution in [0, 0.1) is 0 Å². The normalized spacial score (nSPS) is 10.0. The second-order valence-electron chi connectivity index (χ2n) is 4.42. The molecular formula is C14H14Cl2N2O4. The number of carbonyl (C=O) groups excluding carboxylic acids is 4. The van der Waals surface area contributed by atoms with Crippen molar-refractivity contribution in [1.82, 2.24) is 0 Å². The maximum Gasteiger partial charge on any atom is 0.221 e. The Labute approximate surface area is 137 Å². The van der Waals surface area contributed by atoms with Gasteiger partial charge in [0.05, 0.1) is 23.1 Å². The zero-order valence-electron chi connectivity index (χ0n) is 12.0. The van der Waals surface area contributed by atoms with Crippen molar-refractivity contribution in [2.24, 2.45) is 0 Å². The summed E-state index contributed by atoms with van der Waals surface area (Å²) in [6.45, 7) is 2.54. The second-order valence-corrected chi connectivity index (χ2v) is 4.95. The van der Waals surface area contributed by atoms with Gasteiger partial charge in [0.2, 0.25) is 11.8 Å². The average Bonchev–Trinajstić information content (AvgIpc) is 2.44. The fourth-order valence-corrected chi connectivity index (χ4v) is 2.08. The van der Waals surface area contributed by atoms with Crippen molar-refractivity contribution in [2.75, 3.05) is 22.4 Å². The molecular weight excluding hydrogens is 331 g/mol. The third kappa shape index (κ3) is 4.54. The number of amides is 2. The van der Waals surface area contributed by atoms with Crippen LogP contribution in [-0.2, 0) is 9.59 Å². The van der Waals surface area contributed by atoms with Crippen LogP contribution in [0.1, 0.15) is 34.6 Å². The highest BCUT2D eigenvalue weighted by atomic mass is 35.5. The van der Waals surface area contributed by atoms with Crippen LogP contribution in [0.4, 0.5) is 11.4 Å². The van der Waals surface area contributed by atoms with Gasteiger partial charge in [0.25, 0.3) is 0 Å². The van der Waals surface area contributed by atoms with Gasteiger partial charge < -0.3 is 10.6 Å². The van der Waals surface area contributed by atoms with Gasteiger partial charge in [-0.05, 0) is 12.1 Å². The smallest absolute Gasteiger partial charge is 0.221 e. The molecule has 0 atom stereocenters. The van der Waals surface area contributed by atoms with Gasteiger partial charge in [0, 0.05) is 25.0 Å². The van der Waals surface area contributed by atoms with Crippen LogP contribution in [0.3, 0.4) is 0 Å². The topological polar surface area (TPSA) is 92.3 Å². The highest BCUT2D eigenvalue weighted by Crippen LogP contribution is 2.27. The summed E-state index contributed by atoms with van der Waals surface area (Å²) >= 11 is 11.1. The number of rotatable bonds is 6. The van der Waals surface area contributed by atoms with Crippen LogP contribution in [0.2, 0.25) is 0 Å². The monoisotopic (exact) mass is 344 g/mol. The summed E-state index contributed by atoms with van der Waals surface area (Å²) < 4.78 is 0. The van der Waals surface area contributed by atoms with E-state index >= 15 is 0 Å². The molecule has 118 valence electrons. The van der Waals surface area contributed by atoms with Crippen LogP contribution in [-0.4, -0.2) is 35.1 Å². The van der Waals surface area contributed by atoms with Crippen molar-refractivity contribution in [1.29, 1.82) is 0 Å². The van der Waals surface area contributed by atoms with Crippen molar-refractivity contribution in [3.63, 3.8) is 0 Å². The Bertz CT molecular complexity index is 593. The number of hydrogen-bond donors (Lipinski definition) is 2. The highest BCUT2D eigenvalue weighted by molar-refractivity contribution is 6.33. The van der Waals surface area contributed by atoms with Crippen molar-refractivity contribution in [2.45, 2.75) is 13.8 Å². The number of anilines is 2. The zero-order valence-corrected chi connectivity index (χ0v) is 13.5. The Morgan fingerprint density at radius 2 is 1.18 bits per heavy atom. The number of nitrogens with one attached hydrogen (secondary N) is 2. The van der Waals surface area contributed by atoms with E-state index in [1.807, 2.05) is 0 Å². The van der Waals surface area contributed by atoms with E-state index in [0.29, 0.717) is 0 Å². The van der Waals surface area contributed by atoms with E-state index in [4.69, 9.17) is 23.2 Å². The van der Waals surface area contributed by atoms with Crippen molar-refractivity contribution >= 4 is 58.0 Å². The summed E-state index contributed by atoms with van der Waals surface area (Å²) in [6.07, 6.45) is 0. The molecule has 0 saturated heterocycles. The first-order valence-corrected chi connectivity index (χ1v) is 7.28. The minimum Gasteiger partial charge on any atom is -0.326 e. The van der Waals surface area contributed by atoms with Crippen molar-refractivity contribution in [3.8, 4) is 0 Å². The van der Waals surface area contributed by atoms with Gasteiger partial charge in [-0.15, -0.1) is 23.2 Å². The van der Waals surface area contributed by atoms with Gasteiger partial charge in [0.15, 0.2) is 11.6 Å². The summed E-state index contributed by atoms with van der Waals surface area (Å²) in [5.74, 6) is -2.39. The molecule has 0 unspecified atom stereocenters. The molecule has 0 aromatic heterocycles. The lowest BCUT2D eigenvalue weighted by Gasteiger charge is -2.15. The first kappa shape index (κ1) is 18.1. The minimum absolute atomic E-state index is 0.0766. The molecule has 2 amide bonds. The molecule has 2 N–H and O–H groups in total. The molecule has 0 aliphatic heterocycles. The van der Waals surface area contributed by atoms with Gasteiger partial charge in [-0.3, -0.25) is 19.2 Å². The number of Topliss-reactive ketones (excluding diaryl/α,β-unsaturated/α-hetero) is 2. The number of carbonyl (C=O) groups is 4. The lowest BCUT2D eigenvalue weighted by Crippen LogP contribution is -2.17. The van der Waals surface area contributed by atoms with E-state index in [1.54, 1.807) is 0 Å². The Balaban J connectivity index is 3.54. The fourth-order valence-electron chi connectivity index (χ4n) is 1.79. The molecule has 0 fully saturated rings. The third-order valence-electron chi connectivity index (χ3n) is 2.62. The maximum atomic E-state index is 11.9. The Hall–Kier alpha value is -1.92. The summed E-state index contributed by atoms with van der Waals surface area (Å²) in [5, 5.41) is 4.94. The van der Waals surface area contributed by atoms with E-state index in [2.05, 4.69) is 10.6 Å². The van der Waals surface area contributed by atoms with E-state index < -0.39 is 23.4 Å². The first-order valence-electron chi connectivity index (χ1n) is 6.21. The standard InChI is InChI=1S/C14H14Cl2N2O4/c1-7(19)17-11-4-12(18-8(2)20)10(14(22)6-16)3-9(11)13(21)5-15/h3-4H,5-6H2,1-2H3,(H,17,19)(H,18,20). The van der Waals surface area contributed by atoms with Crippen molar-refractivity contribution in [3.05, 3.63) is 23.3 Å². The molecule has 0 saturated carbocycles. The molecule has 22 heavy (non-hydrogen) atoms. The van der Waals surface area contributed by atoms with Gasteiger partial charge in [0.1, 0.15) is 0 Å². The number of hydrogen-bond acceptors (Lipinski definition) is 4. The van der Waals surface area contributed by atoms with Crippen LogP contribution < -0.4 is 10.6 Å². The van der Waals surface area contributed by atoms with Gasteiger partial charge in [-0.1, -0.05) is 0 Å². The van der Waals surface area contributed by atoms with Crippen LogP contribution >= 0.6 is 23.2 Å². The quantitative estimate of drug-likeness (QED) is 0.612. The van der Waals surface area contributed by atoms with Crippen LogP contribution in [0.25, 0.3) is 0 Å². The van der Waals surface area contributed by atoms with Crippen molar-refractivity contribution < 1.29 is 19.2 Å². The summed E-state index contributed by atoms with van der Waals surface area (Å²) in [5.41, 5.74) is 0.474. The molecule has 0 aliphatic rings. The SMILES string of the molecule is CC(=O)Nc1cc(NC(C)=O)c(C(=O)CCl)cc1C(=O)CCl. The second kappa shape index (κ2) is 7.91. The fraction of sp³-hybridized carbons (Fsp3) is 0.286. The minimum atomic E-state index is -0.469. The number of alkyl halides is 2. The van der Waals surface area contributed by atoms with Crippen LogP contribution in [0.5, 0.6) is 0 Å². The van der Waals surface area contributed by atoms with E-state index in [0.717, 1.165) is 0 Å². The average molecular weight is 345 g/mol. The maximum absolute atomic E-state index is 11.9. The Morgan fingerprint density at radius 1 is 0.818 bits per heavy atom. The largest absolute Gasteiger partial charge is 0.326 e. The van der Waals surface area contributed by atoms with Gasteiger partial charge >= 0.3 is 0 Å². The number of ketones is 2.